The summed E-state index contributed by atoms with van der Waals surface area (Å²) < 4.78 is 7.70. The molecule has 3 aromatic rings. The quantitative estimate of drug-likeness (QED) is 0.692. The molecule has 1 saturated heterocycles. The Kier molecular flexibility index (Phi) is 5.02. The van der Waals surface area contributed by atoms with E-state index in [2.05, 4.69) is 28.2 Å². The first-order valence-electron chi connectivity index (χ1n) is 10.9. The number of aromatic nitrogens is 1. The van der Waals surface area contributed by atoms with E-state index in [1.807, 2.05) is 50.4 Å². The smallest absolute Gasteiger partial charge is 0.255 e. The van der Waals surface area contributed by atoms with Gasteiger partial charge in [0.2, 0.25) is 5.91 Å². The van der Waals surface area contributed by atoms with Gasteiger partial charge >= 0.3 is 0 Å². The van der Waals surface area contributed by atoms with Crippen LogP contribution in [-0.2, 0) is 16.6 Å². The summed E-state index contributed by atoms with van der Waals surface area (Å²) in [5.74, 6) is -0.254. The minimum absolute atomic E-state index is 0.0662. The summed E-state index contributed by atoms with van der Waals surface area (Å²) in [6.07, 6.45) is 4.13. The lowest BCUT2D eigenvalue weighted by Crippen LogP contribution is -2.48. The van der Waals surface area contributed by atoms with Crippen LogP contribution in [0.2, 0.25) is 0 Å². The Morgan fingerprint density at radius 3 is 2.74 bits per heavy atom. The van der Waals surface area contributed by atoms with Gasteiger partial charge in [0.25, 0.3) is 5.91 Å². The summed E-state index contributed by atoms with van der Waals surface area (Å²) in [4.78, 5) is 28.2. The van der Waals surface area contributed by atoms with Crippen LogP contribution in [0.1, 0.15) is 47.3 Å². The molecule has 5 rings (SSSR count). The number of hydrogen-bond donors (Lipinski definition) is 1. The van der Waals surface area contributed by atoms with Crippen LogP contribution in [-0.4, -0.2) is 46.6 Å². The minimum Gasteiger partial charge on any atom is -0.376 e. The second-order valence-electron chi connectivity index (χ2n) is 8.47. The maximum atomic E-state index is 13.4. The number of nitrogens with zero attached hydrogens (tertiary/aromatic N) is 2. The van der Waals surface area contributed by atoms with Crippen LogP contribution >= 0.6 is 0 Å². The number of benzene rings is 2. The molecule has 0 saturated carbocycles. The highest BCUT2D eigenvalue weighted by Crippen LogP contribution is 2.42. The summed E-state index contributed by atoms with van der Waals surface area (Å²) >= 11 is 0. The van der Waals surface area contributed by atoms with Gasteiger partial charge in [-0.3, -0.25) is 9.59 Å². The molecule has 6 heteroatoms. The van der Waals surface area contributed by atoms with Gasteiger partial charge in [0.1, 0.15) is 6.04 Å². The Labute approximate surface area is 181 Å². The summed E-state index contributed by atoms with van der Waals surface area (Å²) in [7, 11) is 2.01. The van der Waals surface area contributed by atoms with E-state index >= 15 is 0 Å². The number of aryl methyl sites for hydroxylation is 1. The Balaban J connectivity index is 1.52. The monoisotopic (exact) mass is 417 g/mol. The first-order valence-corrected chi connectivity index (χ1v) is 10.9. The van der Waals surface area contributed by atoms with E-state index in [0.717, 1.165) is 41.5 Å². The first-order chi connectivity index (χ1) is 15.1. The fourth-order valence-electron chi connectivity index (χ4n) is 4.94. The molecule has 6 nitrogen and oxygen atoms in total. The number of amides is 2. The molecule has 1 fully saturated rings. The van der Waals surface area contributed by atoms with Crippen LogP contribution in [0, 0.1) is 0 Å². The van der Waals surface area contributed by atoms with Gasteiger partial charge < -0.3 is 19.5 Å². The Hall–Kier alpha value is -3.12. The highest BCUT2D eigenvalue weighted by Gasteiger charge is 2.43. The SMILES string of the molecule is CC(C(=O)NCC1CCCO1)N1C(=O)c2ccccc2C1c1cn(C)c2ccccc12. The number of carbonyl (C=O) groups excluding carboxylic acids is 2. The molecule has 2 aliphatic heterocycles. The van der Waals surface area contributed by atoms with Crippen molar-refractivity contribution in [1.29, 1.82) is 0 Å². The van der Waals surface area contributed by atoms with Crippen LogP contribution in [0.3, 0.4) is 0 Å². The third kappa shape index (κ3) is 3.31. The standard InChI is InChI=1S/C25H27N3O3/c1-16(24(29)26-14-17-8-7-13-31-17)28-23(19-10-3-4-11-20(19)25(28)30)21-15-27(2)22-12-6-5-9-18(21)22/h3-6,9-12,15-17,23H,7-8,13-14H2,1-2H3,(H,26,29). The lowest BCUT2D eigenvalue weighted by Gasteiger charge is -2.31. The molecular formula is C25H27N3O3. The molecular weight excluding hydrogens is 390 g/mol. The number of hydrogen-bond acceptors (Lipinski definition) is 3. The molecule has 31 heavy (non-hydrogen) atoms. The van der Waals surface area contributed by atoms with Crippen LogP contribution in [0.15, 0.2) is 54.7 Å². The Bertz CT molecular complexity index is 1150. The minimum atomic E-state index is -0.606. The predicted molar refractivity (Wildman–Crippen MR) is 119 cm³/mol. The fraction of sp³-hybridized carbons (Fsp3) is 0.360. The number of fused-ring (bicyclic) bond motifs is 2. The van der Waals surface area contributed by atoms with Crippen molar-refractivity contribution in [2.75, 3.05) is 13.2 Å². The molecule has 160 valence electrons. The molecule has 0 radical (unpaired) electrons. The zero-order valence-corrected chi connectivity index (χ0v) is 17.9. The van der Waals surface area contributed by atoms with Gasteiger partial charge in [-0.15, -0.1) is 0 Å². The average molecular weight is 418 g/mol. The number of ether oxygens (including phenoxy) is 1. The van der Waals surface area contributed by atoms with Crippen LogP contribution in [0.5, 0.6) is 0 Å². The maximum absolute atomic E-state index is 13.4. The van der Waals surface area contributed by atoms with Crippen LogP contribution < -0.4 is 5.32 Å². The molecule has 3 unspecified atom stereocenters. The van der Waals surface area contributed by atoms with Crippen molar-refractivity contribution >= 4 is 22.7 Å². The summed E-state index contributed by atoms with van der Waals surface area (Å²) in [6.45, 7) is 3.04. The lowest BCUT2D eigenvalue weighted by molar-refractivity contribution is -0.126. The second kappa shape index (κ2) is 7.85. The molecule has 2 aliphatic rings. The molecule has 0 bridgehead atoms. The van der Waals surface area contributed by atoms with Gasteiger partial charge in [-0.05, 0) is 37.5 Å². The third-order valence-corrected chi connectivity index (χ3v) is 6.55. The van der Waals surface area contributed by atoms with Crippen molar-refractivity contribution in [3.05, 3.63) is 71.4 Å². The number of rotatable bonds is 5. The van der Waals surface area contributed by atoms with Crippen molar-refractivity contribution in [2.24, 2.45) is 7.05 Å². The van der Waals surface area contributed by atoms with E-state index in [1.165, 1.54) is 0 Å². The zero-order chi connectivity index (χ0) is 21.5. The van der Waals surface area contributed by atoms with Crippen molar-refractivity contribution in [3.8, 4) is 0 Å². The lowest BCUT2D eigenvalue weighted by atomic mass is 9.97. The molecule has 0 aliphatic carbocycles. The largest absolute Gasteiger partial charge is 0.376 e. The second-order valence-corrected chi connectivity index (χ2v) is 8.47. The van der Waals surface area contributed by atoms with Crippen molar-refractivity contribution in [1.82, 2.24) is 14.8 Å². The van der Waals surface area contributed by atoms with E-state index in [9.17, 15) is 9.59 Å². The van der Waals surface area contributed by atoms with Crippen LogP contribution in [0.4, 0.5) is 0 Å². The van der Waals surface area contributed by atoms with E-state index in [-0.39, 0.29) is 24.0 Å². The molecule has 0 spiro atoms. The zero-order valence-electron chi connectivity index (χ0n) is 17.9. The van der Waals surface area contributed by atoms with Gasteiger partial charge in [-0.1, -0.05) is 36.4 Å². The van der Waals surface area contributed by atoms with Crippen molar-refractivity contribution < 1.29 is 14.3 Å². The molecule has 2 amide bonds. The summed E-state index contributed by atoms with van der Waals surface area (Å²) in [5.41, 5.74) is 3.75. The van der Waals surface area contributed by atoms with Gasteiger partial charge in [-0.2, -0.15) is 0 Å². The number of para-hydroxylation sites is 1. The number of carbonyl (C=O) groups is 2. The Morgan fingerprint density at radius 2 is 1.94 bits per heavy atom. The van der Waals surface area contributed by atoms with Gasteiger partial charge in [0.05, 0.1) is 12.1 Å². The first kappa shape index (κ1) is 19.8. The van der Waals surface area contributed by atoms with Crippen molar-refractivity contribution in [3.63, 3.8) is 0 Å². The van der Waals surface area contributed by atoms with Gasteiger partial charge in [0, 0.05) is 48.4 Å². The third-order valence-electron chi connectivity index (χ3n) is 6.55. The molecule has 1 N–H and O–H groups in total. The van der Waals surface area contributed by atoms with E-state index < -0.39 is 6.04 Å². The predicted octanol–water partition coefficient (Wildman–Crippen LogP) is 3.41. The molecule has 3 heterocycles. The average Bonchev–Trinajstić information content (AvgIpc) is 3.49. The topological polar surface area (TPSA) is 63.6 Å². The summed E-state index contributed by atoms with van der Waals surface area (Å²) in [6, 6.07) is 14.9. The highest BCUT2D eigenvalue weighted by atomic mass is 16.5. The Morgan fingerprint density at radius 1 is 1.16 bits per heavy atom. The van der Waals surface area contributed by atoms with E-state index in [4.69, 9.17) is 4.74 Å². The maximum Gasteiger partial charge on any atom is 0.255 e. The highest BCUT2D eigenvalue weighted by molar-refractivity contribution is 6.03. The molecule has 3 atom stereocenters. The van der Waals surface area contributed by atoms with E-state index in [0.29, 0.717) is 12.1 Å². The normalized spacial score (nSPS) is 21.5. The fourth-order valence-corrected chi connectivity index (χ4v) is 4.94. The van der Waals surface area contributed by atoms with Gasteiger partial charge in [0.15, 0.2) is 0 Å². The van der Waals surface area contributed by atoms with Gasteiger partial charge in [-0.25, -0.2) is 0 Å². The van der Waals surface area contributed by atoms with Crippen molar-refractivity contribution in [2.45, 2.75) is 38.0 Å². The number of nitrogens with one attached hydrogen (secondary N) is 1. The van der Waals surface area contributed by atoms with Crippen LogP contribution in [0.25, 0.3) is 10.9 Å². The molecule has 1 aromatic heterocycles. The molecule has 2 aromatic carbocycles. The van der Waals surface area contributed by atoms with E-state index in [1.54, 1.807) is 4.90 Å². The summed E-state index contributed by atoms with van der Waals surface area (Å²) in [5, 5.41) is 4.09.